The number of carbonyl (C=O) groups excluding carboxylic acids is 9. The molecule has 0 saturated carbocycles. The number of esters is 1. The SMILES string of the molecule is CC[C@H](C)[C@@H]1NC(=O)C2CCCN2C(=O)[C@H](Cc2ccccc2)N(C)C(=O)[C@H](Cc2ccccc2)NC(=O)[C@H](C(C)C)N(C)C(=O)[C@@H]([C@@H](C)CC)OC(=O)[C@H](C(C)(C)O)N(C)C(=O)[C@H](CC(C)C)NC(=O)[C@H](C(C)C)N(C)C1=O. The molecule has 4 N–H and O–H groups in total. The molecule has 0 spiro atoms. The molecule has 2 aromatic rings. The van der Waals surface area contributed by atoms with Crippen molar-refractivity contribution in [2.75, 3.05) is 34.7 Å². The van der Waals surface area contributed by atoms with Gasteiger partial charge in [0.1, 0.15) is 42.3 Å². The summed E-state index contributed by atoms with van der Waals surface area (Å²) >= 11 is 0. The molecule has 19 heteroatoms. The lowest BCUT2D eigenvalue weighted by Gasteiger charge is -2.39. The van der Waals surface area contributed by atoms with Gasteiger partial charge in [-0.05, 0) is 74.3 Å². The molecule has 2 aromatic carbocycles. The van der Waals surface area contributed by atoms with Crippen molar-refractivity contribution in [1.82, 2.24) is 40.4 Å². The van der Waals surface area contributed by atoms with Crippen LogP contribution >= 0.6 is 0 Å². The Bertz CT molecular complexity index is 2430. The summed E-state index contributed by atoms with van der Waals surface area (Å²) in [6, 6.07) is 8.11. The zero-order valence-corrected chi connectivity index (χ0v) is 49.8. The maximum Gasteiger partial charge on any atom is 0.332 e. The Morgan fingerprint density at radius 2 is 1.06 bits per heavy atom. The predicted molar refractivity (Wildman–Crippen MR) is 301 cm³/mol. The Kier molecular flexibility index (Phi) is 23.6. The van der Waals surface area contributed by atoms with E-state index in [1.165, 1.54) is 61.6 Å². The molecule has 8 amide bonds. The molecule has 2 saturated heterocycles. The van der Waals surface area contributed by atoms with Crippen LogP contribution in [0.2, 0.25) is 0 Å². The Balaban J connectivity index is 1.98. The molecular weight excluding hydrogens is 1010 g/mol. The number of cyclic esters (lactones) is 1. The fourth-order valence-corrected chi connectivity index (χ4v) is 11.0. The van der Waals surface area contributed by atoms with E-state index < -0.39 is 137 Å². The maximum absolute atomic E-state index is 15.3. The van der Waals surface area contributed by atoms with Gasteiger partial charge in [0.15, 0.2) is 12.1 Å². The standard InChI is InChI=1S/C60H92N8O11/c1-17-38(9)46-57(75)65(14)47(36(5)6)52(70)61-42(32-35(3)4)55(73)67(16)50(60(11,12)78)59(77)79-49(39(10)18-2)58(76)66(15)48(37(7)8)53(71)62-43(33-40-26-21-19-22-27-40)54(72)64(13)45(34-41-28-23-20-24-29-41)56(74)68-31-25-30-44(68)51(69)63-46/h19-24,26-29,35-39,42-50,78H,17-18,25,30-34H2,1-16H3,(H,61,70)(H,62,71)(H,63,69)/t38-,39-,42-,43-,44?,45-,46-,47-,48-,49+,50+/m0/s1. The Labute approximate surface area is 469 Å². The van der Waals surface area contributed by atoms with Gasteiger partial charge < -0.3 is 50.3 Å². The van der Waals surface area contributed by atoms with Crippen LogP contribution in [-0.2, 0) is 60.7 Å². The average molecular weight is 1100 g/mol. The number of fused-ring (bicyclic) bond motifs is 1. The first kappa shape index (κ1) is 65.2. The van der Waals surface area contributed by atoms with E-state index in [0.29, 0.717) is 24.8 Å². The summed E-state index contributed by atoms with van der Waals surface area (Å²) in [5, 5.41) is 20.5. The normalized spacial score (nSPS) is 26.5. The lowest BCUT2D eigenvalue weighted by atomic mass is 9.93. The van der Waals surface area contributed by atoms with Crippen LogP contribution in [0.5, 0.6) is 0 Å². The van der Waals surface area contributed by atoms with Gasteiger partial charge in [-0.3, -0.25) is 38.4 Å². The molecule has 2 fully saturated rings. The highest BCUT2D eigenvalue weighted by atomic mass is 16.6. The second-order valence-corrected chi connectivity index (χ2v) is 23.7. The van der Waals surface area contributed by atoms with Gasteiger partial charge in [-0.2, -0.15) is 0 Å². The summed E-state index contributed by atoms with van der Waals surface area (Å²) in [4.78, 5) is 140. The highest BCUT2D eigenvalue weighted by Gasteiger charge is 2.48. The van der Waals surface area contributed by atoms with E-state index in [0.717, 1.165) is 10.5 Å². The van der Waals surface area contributed by atoms with E-state index in [2.05, 4.69) is 16.0 Å². The van der Waals surface area contributed by atoms with Gasteiger partial charge in [0.05, 0.1) is 5.60 Å². The summed E-state index contributed by atoms with van der Waals surface area (Å²) in [7, 11) is 5.67. The quantitative estimate of drug-likeness (QED) is 0.206. The molecule has 0 aliphatic carbocycles. The molecule has 2 aliphatic rings. The van der Waals surface area contributed by atoms with E-state index in [-0.39, 0.29) is 38.1 Å². The number of amides is 8. The third-order valence-electron chi connectivity index (χ3n) is 15.8. The Morgan fingerprint density at radius 3 is 1.54 bits per heavy atom. The number of nitrogens with zero attached hydrogens (tertiary/aromatic N) is 5. The zero-order valence-electron chi connectivity index (χ0n) is 49.8. The van der Waals surface area contributed by atoms with Gasteiger partial charge in [-0.15, -0.1) is 0 Å². The minimum atomic E-state index is -1.97. The molecule has 0 aromatic heterocycles. The van der Waals surface area contributed by atoms with Crippen molar-refractivity contribution >= 4 is 53.2 Å². The lowest BCUT2D eigenvalue weighted by Crippen LogP contribution is -2.63. The smallest absolute Gasteiger partial charge is 0.332 e. The van der Waals surface area contributed by atoms with Crippen molar-refractivity contribution in [3.63, 3.8) is 0 Å². The highest BCUT2D eigenvalue weighted by molar-refractivity contribution is 5.99. The number of nitrogens with one attached hydrogen (secondary N) is 3. The van der Waals surface area contributed by atoms with Crippen molar-refractivity contribution in [1.29, 1.82) is 0 Å². The molecule has 0 bridgehead atoms. The van der Waals surface area contributed by atoms with Gasteiger partial charge in [-0.25, -0.2) is 4.79 Å². The molecule has 2 heterocycles. The number of aliphatic hydroxyl groups is 1. The first-order chi connectivity index (χ1) is 37.0. The summed E-state index contributed by atoms with van der Waals surface area (Å²) < 4.78 is 6.09. The van der Waals surface area contributed by atoms with E-state index >= 15 is 9.59 Å². The van der Waals surface area contributed by atoms with E-state index in [9.17, 15) is 38.7 Å². The van der Waals surface area contributed by atoms with E-state index in [1.807, 2.05) is 57.2 Å². The van der Waals surface area contributed by atoms with Gasteiger partial charge in [0.2, 0.25) is 41.4 Å². The van der Waals surface area contributed by atoms with Gasteiger partial charge >= 0.3 is 5.97 Å². The minimum Gasteiger partial charge on any atom is -0.450 e. The molecule has 19 nitrogen and oxygen atoms in total. The lowest BCUT2D eigenvalue weighted by molar-refractivity contribution is -0.177. The van der Waals surface area contributed by atoms with Gasteiger partial charge in [-0.1, -0.05) is 136 Å². The van der Waals surface area contributed by atoms with Crippen LogP contribution in [0, 0.1) is 29.6 Å². The van der Waals surface area contributed by atoms with Crippen molar-refractivity contribution in [3.8, 4) is 0 Å². The second-order valence-electron chi connectivity index (χ2n) is 23.7. The molecule has 438 valence electrons. The van der Waals surface area contributed by atoms with Crippen LogP contribution < -0.4 is 16.0 Å². The fraction of sp³-hybridized carbons (Fsp3) is 0.650. The topological polar surface area (TPSA) is 235 Å². The first-order valence-electron chi connectivity index (χ1n) is 28.3. The average Bonchev–Trinajstić information content (AvgIpc) is 3.89. The zero-order chi connectivity index (χ0) is 59.4. The summed E-state index contributed by atoms with van der Waals surface area (Å²) in [5.74, 6) is -8.65. The number of hydrogen-bond acceptors (Lipinski definition) is 11. The van der Waals surface area contributed by atoms with Crippen LogP contribution in [0.3, 0.4) is 0 Å². The monoisotopic (exact) mass is 1100 g/mol. The van der Waals surface area contributed by atoms with Gasteiger partial charge in [0.25, 0.3) is 5.91 Å². The number of benzene rings is 2. The molecule has 1 unspecified atom stereocenters. The summed E-state index contributed by atoms with van der Waals surface area (Å²) in [6.45, 7) is 20.6. The van der Waals surface area contributed by atoms with Gasteiger partial charge in [0, 0.05) is 53.5 Å². The highest BCUT2D eigenvalue weighted by Crippen LogP contribution is 2.27. The number of likely N-dealkylation sites (N-methyl/N-ethyl adjacent to an activating group) is 4. The van der Waals surface area contributed by atoms with Crippen molar-refractivity contribution < 1.29 is 53.0 Å². The van der Waals surface area contributed by atoms with Crippen LogP contribution in [0.15, 0.2) is 60.7 Å². The molecule has 0 radical (unpaired) electrons. The molecule has 11 atom stereocenters. The molecule has 2 aliphatic heterocycles. The minimum absolute atomic E-state index is 0.00676. The molecular formula is C60H92N8O11. The van der Waals surface area contributed by atoms with Crippen molar-refractivity contribution in [3.05, 3.63) is 71.8 Å². The molecule has 79 heavy (non-hydrogen) atoms. The number of hydrogen-bond donors (Lipinski definition) is 4. The second kappa shape index (κ2) is 28.7. The van der Waals surface area contributed by atoms with Crippen molar-refractivity contribution in [2.45, 2.75) is 188 Å². The van der Waals surface area contributed by atoms with E-state index in [4.69, 9.17) is 4.74 Å². The van der Waals surface area contributed by atoms with Crippen LogP contribution in [0.4, 0.5) is 0 Å². The van der Waals surface area contributed by atoms with Crippen molar-refractivity contribution in [2.24, 2.45) is 29.6 Å². The predicted octanol–water partition coefficient (Wildman–Crippen LogP) is 4.37. The van der Waals surface area contributed by atoms with Crippen LogP contribution in [0.25, 0.3) is 0 Å². The molecule has 4 rings (SSSR count). The summed E-state index contributed by atoms with van der Waals surface area (Å²) in [6.07, 6.45) is 0.101. The number of ether oxygens (including phenoxy) is 1. The fourth-order valence-electron chi connectivity index (χ4n) is 11.0. The third kappa shape index (κ3) is 16.4. The summed E-state index contributed by atoms with van der Waals surface area (Å²) in [5.41, 5.74) is -0.551. The number of rotatable bonds is 13. The third-order valence-corrected chi connectivity index (χ3v) is 15.8. The Morgan fingerprint density at radius 1 is 0.582 bits per heavy atom. The maximum atomic E-state index is 15.3. The van der Waals surface area contributed by atoms with Crippen LogP contribution in [-0.4, -0.2) is 178 Å². The first-order valence-corrected chi connectivity index (χ1v) is 28.3. The Hall–Kier alpha value is -6.37. The van der Waals surface area contributed by atoms with E-state index in [1.54, 1.807) is 72.7 Å². The number of carbonyl (C=O) groups is 9. The van der Waals surface area contributed by atoms with Crippen LogP contribution in [0.1, 0.15) is 126 Å². The largest absolute Gasteiger partial charge is 0.450 e.